The molecular weight excluding hydrogens is 344 g/mol. The van der Waals surface area contributed by atoms with E-state index in [1.165, 1.54) is 4.90 Å². The van der Waals surface area contributed by atoms with Crippen LogP contribution in [0.3, 0.4) is 0 Å². The van der Waals surface area contributed by atoms with E-state index in [-0.39, 0.29) is 31.2 Å². The maximum absolute atomic E-state index is 13.3. The molecular formula is C16H17F2N7O. The molecule has 26 heavy (non-hydrogen) atoms. The van der Waals surface area contributed by atoms with Gasteiger partial charge in [-0.15, -0.1) is 0 Å². The summed E-state index contributed by atoms with van der Waals surface area (Å²) in [5, 5.41) is 0. The molecule has 136 valence electrons. The third kappa shape index (κ3) is 2.61. The molecule has 2 aromatic heterocycles. The van der Waals surface area contributed by atoms with Crippen LogP contribution in [-0.4, -0.2) is 64.2 Å². The summed E-state index contributed by atoms with van der Waals surface area (Å²) >= 11 is 0. The molecule has 5 heterocycles. The van der Waals surface area contributed by atoms with Crippen LogP contribution in [0, 0.1) is 0 Å². The van der Waals surface area contributed by atoms with Crippen molar-refractivity contribution < 1.29 is 13.5 Å². The number of ether oxygens (including phenoxy) is 1. The summed E-state index contributed by atoms with van der Waals surface area (Å²) in [6.07, 6.45) is 4.31. The zero-order chi connectivity index (χ0) is 17.9. The number of morpholine rings is 1. The first-order valence-electron chi connectivity index (χ1n) is 8.45. The molecule has 3 fully saturated rings. The van der Waals surface area contributed by atoms with Crippen LogP contribution < -0.4 is 15.5 Å². The Labute approximate surface area is 148 Å². The number of anilines is 3. The van der Waals surface area contributed by atoms with Gasteiger partial charge in [-0.2, -0.15) is 4.98 Å². The summed E-state index contributed by atoms with van der Waals surface area (Å²) in [6.45, 7) is 0.660. The van der Waals surface area contributed by atoms with E-state index in [1.54, 1.807) is 12.4 Å². The number of rotatable bonds is 3. The molecule has 3 aliphatic heterocycles. The highest BCUT2D eigenvalue weighted by atomic mass is 19.3. The highest BCUT2D eigenvalue weighted by molar-refractivity contribution is 5.65. The van der Waals surface area contributed by atoms with Gasteiger partial charge in [-0.05, 0) is 6.42 Å². The molecule has 0 aliphatic carbocycles. The van der Waals surface area contributed by atoms with Crippen LogP contribution >= 0.6 is 0 Å². The Morgan fingerprint density at radius 3 is 2.58 bits per heavy atom. The molecule has 3 aliphatic rings. The first kappa shape index (κ1) is 15.6. The minimum absolute atomic E-state index is 0.166. The topological polar surface area (TPSA) is 93.3 Å². The third-order valence-electron chi connectivity index (χ3n) is 4.99. The monoisotopic (exact) mass is 361 g/mol. The molecule has 5 rings (SSSR count). The summed E-state index contributed by atoms with van der Waals surface area (Å²) in [5.74, 6) is -1.51. The number of nitrogens with two attached hydrogens (primary N) is 1. The fourth-order valence-electron chi connectivity index (χ4n) is 3.66. The van der Waals surface area contributed by atoms with Gasteiger partial charge in [0.1, 0.15) is 5.82 Å². The second-order valence-corrected chi connectivity index (χ2v) is 6.95. The van der Waals surface area contributed by atoms with E-state index in [9.17, 15) is 8.78 Å². The van der Waals surface area contributed by atoms with Crippen LogP contribution in [0.4, 0.5) is 26.5 Å². The van der Waals surface area contributed by atoms with Gasteiger partial charge in [-0.25, -0.2) is 23.7 Å². The minimum Gasteiger partial charge on any atom is -0.374 e. The fraction of sp³-hybridized carbons (Fsp3) is 0.500. The SMILES string of the molecule is Nc1ncc(-c2cc(N3C[C@@H]4C[C@H]3CO4)nc(N3CC(F)(F)C3)n2)cn1. The van der Waals surface area contributed by atoms with Gasteiger partial charge >= 0.3 is 0 Å². The summed E-state index contributed by atoms with van der Waals surface area (Å²) < 4.78 is 32.3. The van der Waals surface area contributed by atoms with Crippen molar-refractivity contribution in [3.8, 4) is 11.3 Å². The van der Waals surface area contributed by atoms with Gasteiger partial charge in [0, 0.05) is 30.6 Å². The standard InChI is InChI=1S/C16H17F2N7O/c17-16(18)7-24(8-16)15-22-12(9-3-20-14(19)21-4-9)2-13(23-15)25-5-11-1-10(25)6-26-11/h2-4,10-11H,1,5-8H2,(H2,19,20,21)/t10-,11-/m0/s1. The summed E-state index contributed by atoms with van der Waals surface area (Å²) in [4.78, 5) is 20.6. The lowest BCUT2D eigenvalue weighted by molar-refractivity contribution is -0.0271. The third-order valence-corrected chi connectivity index (χ3v) is 4.99. The Kier molecular flexibility index (Phi) is 3.27. The molecule has 3 saturated heterocycles. The second kappa shape index (κ2) is 5.44. The van der Waals surface area contributed by atoms with E-state index < -0.39 is 5.92 Å². The Morgan fingerprint density at radius 1 is 1.19 bits per heavy atom. The van der Waals surface area contributed by atoms with Crippen molar-refractivity contribution in [2.75, 3.05) is 41.8 Å². The molecule has 0 unspecified atom stereocenters. The van der Waals surface area contributed by atoms with Crippen molar-refractivity contribution in [2.24, 2.45) is 0 Å². The molecule has 0 spiro atoms. The van der Waals surface area contributed by atoms with Crippen molar-refractivity contribution in [1.82, 2.24) is 19.9 Å². The van der Waals surface area contributed by atoms with Crippen LogP contribution in [0.2, 0.25) is 0 Å². The number of aromatic nitrogens is 4. The Balaban J connectivity index is 1.53. The van der Waals surface area contributed by atoms with Crippen LogP contribution in [0.15, 0.2) is 18.5 Å². The fourth-order valence-corrected chi connectivity index (χ4v) is 3.66. The van der Waals surface area contributed by atoms with Crippen molar-refractivity contribution in [1.29, 1.82) is 0 Å². The zero-order valence-electron chi connectivity index (χ0n) is 13.8. The van der Waals surface area contributed by atoms with E-state index in [0.29, 0.717) is 29.6 Å². The molecule has 2 aromatic rings. The Hall–Kier alpha value is -2.62. The maximum atomic E-state index is 13.3. The number of halogens is 2. The average Bonchev–Trinajstić information content (AvgIpc) is 3.23. The van der Waals surface area contributed by atoms with Gasteiger partial charge in [0.15, 0.2) is 0 Å². The van der Waals surface area contributed by atoms with Gasteiger partial charge in [-0.3, -0.25) is 0 Å². The number of hydrogen-bond acceptors (Lipinski definition) is 8. The first-order valence-corrected chi connectivity index (χ1v) is 8.45. The first-order chi connectivity index (χ1) is 12.5. The molecule has 8 nitrogen and oxygen atoms in total. The smallest absolute Gasteiger partial charge is 0.282 e. The molecule has 0 amide bonds. The number of hydrogen-bond donors (Lipinski definition) is 1. The lowest BCUT2D eigenvalue weighted by Crippen LogP contribution is -2.57. The molecule has 0 radical (unpaired) electrons. The second-order valence-electron chi connectivity index (χ2n) is 6.95. The zero-order valence-corrected chi connectivity index (χ0v) is 13.8. The molecule has 2 bridgehead atoms. The van der Waals surface area contributed by atoms with E-state index in [0.717, 1.165) is 13.0 Å². The summed E-state index contributed by atoms with van der Waals surface area (Å²) in [6, 6.07) is 2.10. The van der Waals surface area contributed by atoms with Crippen molar-refractivity contribution in [3.05, 3.63) is 18.5 Å². The van der Waals surface area contributed by atoms with Gasteiger partial charge in [0.25, 0.3) is 5.92 Å². The largest absolute Gasteiger partial charge is 0.374 e. The lowest BCUT2D eigenvalue weighted by atomic mass is 10.1. The summed E-state index contributed by atoms with van der Waals surface area (Å²) in [5.41, 5.74) is 6.80. The Morgan fingerprint density at radius 2 is 1.96 bits per heavy atom. The van der Waals surface area contributed by atoms with Crippen molar-refractivity contribution in [2.45, 2.75) is 24.5 Å². The van der Waals surface area contributed by atoms with Gasteiger partial charge in [0.2, 0.25) is 11.9 Å². The predicted octanol–water partition coefficient (Wildman–Crippen LogP) is 0.949. The molecule has 2 atom stereocenters. The van der Waals surface area contributed by atoms with Crippen LogP contribution in [0.1, 0.15) is 6.42 Å². The van der Waals surface area contributed by atoms with Crippen molar-refractivity contribution in [3.63, 3.8) is 0 Å². The van der Waals surface area contributed by atoms with Gasteiger partial charge < -0.3 is 20.3 Å². The number of nitrogens with zero attached hydrogens (tertiary/aromatic N) is 6. The molecule has 2 N–H and O–H groups in total. The highest BCUT2D eigenvalue weighted by Crippen LogP contribution is 2.36. The van der Waals surface area contributed by atoms with Gasteiger partial charge in [-0.1, -0.05) is 0 Å². The minimum atomic E-state index is -2.69. The molecule has 0 saturated carbocycles. The van der Waals surface area contributed by atoms with Crippen LogP contribution in [0.5, 0.6) is 0 Å². The van der Waals surface area contributed by atoms with E-state index in [4.69, 9.17) is 10.5 Å². The summed E-state index contributed by atoms with van der Waals surface area (Å²) in [7, 11) is 0. The van der Waals surface area contributed by atoms with Crippen LogP contribution in [0.25, 0.3) is 11.3 Å². The molecule has 10 heteroatoms. The van der Waals surface area contributed by atoms with E-state index >= 15 is 0 Å². The number of nitrogen functional groups attached to an aromatic ring is 1. The highest BCUT2D eigenvalue weighted by Gasteiger charge is 2.46. The lowest BCUT2D eigenvalue weighted by Gasteiger charge is -2.39. The van der Waals surface area contributed by atoms with Crippen LogP contribution in [-0.2, 0) is 4.74 Å². The number of fused-ring (bicyclic) bond motifs is 2. The predicted molar refractivity (Wildman–Crippen MR) is 90.1 cm³/mol. The van der Waals surface area contributed by atoms with Crippen molar-refractivity contribution >= 4 is 17.7 Å². The molecule has 0 aromatic carbocycles. The number of alkyl halides is 2. The van der Waals surface area contributed by atoms with Gasteiger partial charge in [0.05, 0.1) is 37.5 Å². The average molecular weight is 361 g/mol. The quantitative estimate of drug-likeness (QED) is 0.864. The van der Waals surface area contributed by atoms with E-state index in [1.807, 2.05) is 6.07 Å². The van der Waals surface area contributed by atoms with E-state index in [2.05, 4.69) is 24.8 Å². The Bertz CT molecular complexity index is 839. The normalized spacial score (nSPS) is 26.2. The maximum Gasteiger partial charge on any atom is 0.282 e.